The number of aromatic nitrogens is 8. The lowest BCUT2D eigenvalue weighted by Gasteiger charge is -2.35. The second kappa shape index (κ2) is 8.52. The maximum Gasteiger partial charge on any atom is 0.333 e. The van der Waals surface area contributed by atoms with Gasteiger partial charge in [0.05, 0.1) is 36.4 Å². The highest BCUT2D eigenvalue weighted by atomic mass is 19.1. The summed E-state index contributed by atoms with van der Waals surface area (Å²) in [5.74, 6) is -0.576. The van der Waals surface area contributed by atoms with Crippen molar-refractivity contribution in [3.63, 3.8) is 0 Å². The van der Waals surface area contributed by atoms with E-state index in [1.165, 1.54) is 38.6 Å². The first-order valence-corrected chi connectivity index (χ1v) is 10.5. The quantitative estimate of drug-likeness (QED) is 0.399. The van der Waals surface area contributed by atoms with Crippen LogP contribution >= 0.6 is 0 Å². The Morgan fingerprint density at radius 2 is 1.82 bits per heavy atom. The number of hydrogen-bond donors (Lipinski definition) is 1. The Kier molecular flexibility index (Phi) is 5.38. The van der Waals surface area contributed by atoms with Crippen molar-refractivity contribution in [2.24, 2.45) is 0 Å². The molecule has 2 aromatic carbocycles. The Bertz CT molecular complexity index is 1440. The van der Waals surface area contributed by atoms with Gasteiger partial charge in [-0.25, -0.2) is 23.5 Å². The van der Waals surface area contributed by atoms with Gasteiger partial charge in [-0.15, -0.1) is 5.10 Å². The first kappa shape index (κ1) is 21.5. The van der Waals surface area contributed by atoms with Gasteiger partial charge in [-0.2, -0.15) is 5.10 Å². The zero-order valence-corrected chi connectivity index (χ0v) is 18.2. The molecule has 3 aromatic heterocycles. The fourth-order valence-corrected chi connectivity index (χ4v) is 4.04. The molecule has 0 saturated carbocycles. The Hall–Kier alpha value is -4.38. The zero-order valence-electron chi connectivity index (χ0n) is 18.2. The molecule has 1 N–H and O–H groups in total. The van der Waals surface area contributed by atoms with Crippen molar-refractivity contribution in [1.29, 1.82) is 0 Å². The second-order valence-corrected chi connectivity index (χ2v) is 7.90. The first-order chi connectivity index (χ1) is 16.5. The molecule has 0 spiro atoms. The number of halogens is 1. The predicted molar refractivity (Wildman–Crippen MR) is 120 cm³/mol. The summed E-state index contributed by atoms with van der Waals surface area (Å²) in [5.41, 5.74) is -0.676. The SMILES string of the molecule is C[C@@H](n1ccn(-c2ccc(-n3ccnn3)cc2)c1=O)[C@](O)(Cn1cncn1)c1ccccc1F. The molecule has 0 amide bonds. The molecule has 0 fully saturated rings. The van der Waals surface area contributed by atoms with Crippen LogP contribution in [-0.2, 0) is 12.1 Å². The van der Waals surface area contributed by atoms with Gasteiger partial charge >= 0.3 is 5.69 Å². The minimum absolute atomic E-state index is 0.0647. The predicted octanol–water partition coefficient (Wildman–Crippen LogP) is 2.10. The lowest BCUT2D eigenvalue weighted by atomic mass is 9.86. The summed E-state index contributed by atoms with van der Waals surface area (Å²) in [4.78, 5) is 17.3. The van der Waals surface area contributed by atoms with E-state index in [-0.39, 0.29) is 17.8 Å². The fraction of sp³-hybridized carbons (Fsp3) is 0.174. The largest absolute Gasteiger partial charge is 0.381 e. The van der Waals surface area contributed by atoms with E-state index < -0.39 is 17.5 Å². The lowest BCUT2D eigenvalue weighted by Crippen LogP contribution is -2.43. The van der Waals surface area contributed by atoms with Crippen LogP contribution in [0.3, 0.4) is 0 Å². The van der Waals surface area contributed by atoms with Gasteiger partial charge in [-0.05, 0) is 37.3 Å². The van der Waals surface area contributed by atoms with Crippen molar-refractivity contribution in [3.05, 3.63) is 108 Å². The Morgan fingerprint density at radius 1 is 1.06 bits per heavy atom. The van der Waals surface area contributed by atoms with Crippen molar-refractivity contribution in [2.75, 3.05) is 0 Å². The molecule has 10 nitrogen and oxygen atoms in total. The monoisotopic (exact) mass is 460 g/mol. The van der Waals surface area contributed by atoms with Crippen LogP contribution in [0.15, 0.2) is 90.8 Å². The summed E-state index contributed by atoms with van der Waals surface area (Å²) < 4.78 is 20.7. The molecular weight excluding hydrogens is 439 g/mol. The van der Waals surface area contributed by atoms with Crippen LogP contribution in [0.2, 0.25) is 0 Å². The van der Waals surface area contributed by atoms with Crippen molar-refractivity contribution >= 4 is 0 Å². The average Bonchev–Trinajstić information content (AvgIpc) is 3.62. The molecule has 5 rings (SSSR count). The second-order valence-electron chi connectivity index (χ2n) is 7.90. The molecule has 3 heterocycles. The Morgan fingerprint density at radius 3 is 2.50 bits per heavy atom. The molecule has 11 heteroatoms. The molecule has 5 aromatic rings. The van der Waals surface area contributed by atoms with E-state index in [1.807, 2.05) is 12.1 Å². The lowest BCUT2D eigenvalue weighted by molar-refractivity contribution is -0.0341. The third kappa shape index (κ3) is 3.71. The maximum absolute atomic E-state index is 14.8. The maximum atomic E-state index is 14.8. The van der Waals surface area contributed by atoms with Crippen LogP contribution < -0.4 is 5.69 Å². The van der Waals surface area contributed by atoms with Crippen LogP contribution in [0, 0.1) is 5.82 Å². The van der Waals surface area contributed by atoms with Gasteiger partial charge in [-0.3, -0.25) is 9.13 Å². The van der Waals surface area contributed by atoms with Gasteiger partial charge in [0.1, 0.15) is 24.1 Å². The van der Waals surface area contributed by atoms with E-state index in [9.17, 15) is 14.3 Å². The minimum Gasteiger partial charge on any atom is -0.381 e. The number of rotatable bonds is 7. The van der Waals surface area contributed by atoms with Crippen LogP contribution in [-0.4, -0.2) is 44.0 Å². The van der Waals surface area contributed by atoms with E-state index in [0.29, 0.717) is 5.69 Å². The summed E-state index contributed by atoms with van der Waals surface area (Å²) in [7, 11) is 0. The third-order valence-corrected chi connectivity index (χ3v) is 5.94. The summed E-state index contributed by atoms with van der Waals surface area (Å²) in [5, 5.41) is 23.6. The highest BCUT2D eigenvalue weighted by molar-refractivity contribution is 5.41. The molecular formula is C23H21FN8O2. The summed E-state index contributed by atoms with van der Waals surface area (Å²) in [6.07, 6.45) is 9.25. The topological polar surface area (TPSA) is 109 Å². The Labute approximate surface area is 193 Å². The van der Waals surface area contributed by atoms with E-state index in [4.69, 9.17) is 0 Å². The van der Waals surface area contributed by atoms with Gasteiger partial charge < -0.3 is 5.11 Å². The van der Waals surface area contributed by atoms with Gasteiger partial charge in [0.25, 0.3) is 0 Å². The van der Waals surface area contributed by atoms with Crippen molar-refractivity contribution in [3.8, 4) is 11.4 Å². The minimum atomic E-state index is -1.79. The number of nitrogens with zero attached hydrogens (tertiary/aromatic N) is 8. The van der Waals surface area contributed by atoms with E-state index >= 15 is 0 Å². The molecule has 0 aliphatic heterocycles. The molecule has 0 aliphatic rings. The van der Waals surface area contributed by atoms with Gasteiger partial charge in [0.2, 0.25) is 0 Å². The van der Waals surface area contributed by atoms with Crippen LogP contribution in [0.4, 0.5) is 4.39 Å². The highest BCUT2D eigenvalue weighted by Crippen LogP contribution is 2.35. The molecule has 0 unspecified atom stereocenters. The van der Waals surface area contributed by atoms with Crippen LogP contribution in [0.25, 0.3) is 11.4 Å². The van der Waals surface area contributed by atoms with E-state index in [1.54, 1.807) is 60.7 Å². The molecule has 0 aliphatic carbocycles. The third-order valence-electron chi connectivity index (χ3n) is 5.94. The van der Waals surface area contributed by atoms with Gasteiger partial charge in [0, 0.05) is 18.0 Å². The standard InChI is InChI=1S/C23H21FN8O2/c1-17(23(34,14-29-16-25-15-27-29)20-4-2-3-5-21(20)24)30-12-13-31(22(30)33)18-6-8-19(9-7-18)32-11-10-26-28-32/h2-13,15-17,34H,14H2,1H3/t17-,23-/m1/s1. The summed E-state index contributed by atoms with van der Waals surface area (Å²) >= 11 is 0. The van der Waals surface area contributed by atoms with Crippen LogP contribution in [0.1, 0.15) is 18.5 Å². The van der Waals surface area contributed by atoms with Gasteiger partial charge in [0.15, 0.2) is 0 Å². The molecule has 0 radical (unpaired) electrons. The van der Waals surface area contributed by atoms with Gasteiger partial charge in [-0.1, -0.05) is 23.4 Å². The summed E-state index contributed by atoms with van der Waals surface area (Å²) in [6, 6.07) is 12.3. The number of hydrogen-bond acceptors (Lipinski definition) is 6. The first-order valence-electron chi connectivity index (χ1n) is 10.5. The van der Waals surface area contributed by atoms with Crippen LogP contribution in [0.5, 0.6) is 0 Å². The Balaban J connectivity index is 1.52. The zero-order chi connectivity index (χ0) is 23.7. The van der Waals surface area contributed by atoms with Crippen molar-refractivity contribution < 1.29 is 9.50 Å². The normalized spacial score (nSPS) is 14.1. The van der Waals surface area contributed by atoms with Crippen molar-refractivity contribution in [1.82, 2.24) is 38.9 Å². The molecule has 0 saturated heterocycles. The molecule has 34 heavy (non-hydrogen) atoms. The van der Waals surface area contributed by atoms with E-state index in [2.05, 4.69) is 20.4 Å². The average molecular weight is 460 g/mol. The smallest absolute Gasteiger partial charge is 0.333 e. The fourth-order valence-electron chi connectivity index (χ4n) is 4.04. The molecule has 0 bridgehead atoms. The number of benzene rings is 2. The molecule has 2 atom stereocenters. The summed E-state index contributed by atoms with van der Waals surface area (Å²) in [6.45, 7) is 1.57. The molecule has 172 valence electrons. The number of aliphatic hydroxyl groups is 1. The highest BCUT2D eigenvalue weighted by Gasteiger charge is 2.40. The van der Waals surface area contributed by atoms with Crippen molar-refractivity contribution in [2.45, 2.75) is 25.1 Å². The van der Waals surface area contributed by atoms with E-state index in [0.717, 1.165) is 5.69 Å². The number of imidazole rings is 1.